The third-order valence-corrected chi connectivity index (χ3v) is 15.2. The van der Waals surface area contributed by atoms with Gasteiger partial charge in [0.1, 0.15) is 11.8 Å². The fraction of sp³-hybridized carbons (Fsp3) is 0.429. The monoisotopic (exact) mass is 593 g/mol. The number of fused-ring (bicyclic) bond motifs is 5. The average molecular weight is 594 g/mol. The second-order valence-electron chi connectivity index (χ2n) is 12.3. The summed E-state index contributed by atoms with van der Waals surface area (Å²) in [6, 6.07) is 7.19. The minimum atomic E-state index is -2.14. The van der Waals surface area contributed by atoms with Gasteiger partial charge in [-0.05, 0) is 85.8 Å². The minimum absolute atomic E-state index is 0.0389. The SMILES string of the molecule is CC[Si](CC)(CC)O[C@H](C)[C@@]12O[C@]13c1cc(O)c4c(c1N[C@H]2C#C/C=C\C#C[C@H]3O)C(=O)c1cc2c(cc1C4=O)CCC2. The van der Waals surface area contributed by atoms with Gasteiger partial charge in [-0.15, -0.1) is 0 Å². The lowest BCUT2D eigenvalue weighted by molar-refractivity contribution is 0.0966. The second kappa shape index (κ2) is 9.67. The third-order valence-electron chi connectivity index (χ3n) is 10.5. The van der Waals surface area contributed by atoms with Crippen LogP contribution in [0.25, 0.3) is 0 Å². The van der Waals surface area contributed by atoms with E-state index in [4.69, 9.17) is 9.16 Å². The van der Waals surface area contributed by atoms with Gasteiger partial charge in [0.15, 0.2) is 37.2 Å². The number of phenolic OH excluding ortho intramolecular Hbond substituents is 1. The highest BCUT2D eigenvalue weighted by Gasteiger charge is 2.82. The summed E-state index contributed by atoms with van der Waals surface area (Å²) in [5.41, 5.74) is 0.967. The van der Waals surface area contributed by atoms with Gasteiger partial charge in [0, 0.05) is 16.7 Å². The van der Waals surface area contributed by atoms with Gasteiger partial charge in [-0.3, -0.25) is 9.59 Å². The van der Waals surface area contributed by atoms with E-state index in [-0.39, 0.29) is 22.7 Å². The first kappa shape index (κ1) is 28.1. The number of aliphatic hydroxyl groups excluding tert-OH is 1. The van der Waals surface area contributed by atoms with Crippen LogP contribution in [0.3, 0.4) is 0 Å². The highest BCUT2D eigenvalue weighted by molar-refractivity contribution is 6.73. The van der Waals surface area contributed by atoms with Gasteiger partial charge in [0.25, 0.3) is 0 Å². The maximum atomic E-state index is 14.3. The van der Waals surface area contributed by atoms with E-state index in [0.717, 1.165) is 48.5 Å². The Morgan fingerprint density at radius 3 is 2.23 bits per heavy atom. The van der Waals surface area contributed by atoms with Crippen molar-refractivity contribution in [3.8, 4) is 29.4 Å². The number of phenols is 1. The smallest absolute Gasteiger partial charge is 0.198 e. The van der Waals surface area contributed by atoms with Gasteiger partial charge in [0.05, 0.1) is 22.9 Å². The Bertz CT molecular complexity index is 1760. The van der Waals surface area contributed by atoms with Crippen molar-refractivity contribution in [3.05, 3.63) is 69.3 Å². The summed E-state index contributed by atoms with van der Waals surface area (Å²) in [6.45, 7) is 8.41. The largest absolute Gasteiger partial charge is 0.507 e. The van der Waals surface area contributed by atoms with Crippen LogP contribution in [0.1, 0.15) is 82.6 Å². The summed E-state index contributed by atoms with van der Waals surface area (Å²) in [5.74, 6) is 11.0. The van der Waals surface area contributed by atoms with Crippen LogP contribution in [0.4, 0.5) is 5.69 Å². The molecule has 43 heavy (non-hydrogen) atoms. The van der Waals surface area contributed by atoms with E-state index in [9.17, 15) is 19.8 Å². The number of ketones is 2. The average Bonchev–Trinajstić information content (AvgIpc) is 3.56. The quantitative estimate of drug-likeness (QED) is 0.164. The third kappa shape index (κ3) is 3.61. The Labute approximate surface area is 252 Å². The van der Waals surface area contributed by atoms with Gasteiger partial charge in [0.2, 0.25) is 0 Å². The molecule has 1 saturated heterocycles. The molecule has 8 heteroatoms. The van der Waals surface area contributed by atoms with Crippen molar-refractivity contribution in [3.63, 3.8) is 0 Å². The van der Waals surface area contributed by atoms with Crippen molar-refractivity contribution in [2.75, 3.05) is 5.32 Å². The molecule has 0 spiro atoms. The van der Waals surface area contributed by atoms with Crippen LogP contribution in [0.15, 0.2) is 30.4 Å². The summed E-state index contributed by atoms with van der Waals surface area (Å²) >= 11 is 0. The van der Waals surface area contributed by atoms with Gasteiger partial charge in [-0.2, -0.15) is 0 Å². The molecule has 7 rings (SSSR count). The lowest BCUT2D eigenvalue weighted by Crippen LogP contribution is -2.57. The molecule has 5 aliphatic rings. The first-order valence-electron chi connectivity index (χ1n) is 15.3. The molecule has 2 aromatic rings. The van der Waals surface area contributed by atoms with E-state index in [2.05, 4.69) is 49.8 Å². The maximum Gasteiger partial charge on any atom is 0.198 e. The molecule has 5 atom stereocenters. The van der Waals surface area contributed by atoms with Crippen molar-refractivity contribution in [2.24, 2.45) is 0 Å². The van der Waals surface area contributed by atoms with Crippen LogP contribution in [0.5, 0.6) is 5.75 Å². The molecule has 3 N–H and O–H groups in total. The van der Waals surface area contributed by atoms with Crippen molar-refractivity contribution in [1.82, 2.24) is 0 Å². The lowest BCUT2D eigenvalue weighted by atomic mass is 9.69. The normalized spacial score (nSPS) is 28.8. The zero-order chi connectivity index (χ0) is 30.3. The van der Waals surface area contributed by atoms with Crippen LogP contribution in [-0.2, 0) is 27.6 Å². The minimum Gasteiger partial charge on any atom is -0.507 e. The van der Waals surface area contributed by atoms with E-state index in [1.807, 2.05) is 19.1 Å². The molecule has 0 radical (unpaired) electrons. The zero-order valence-electron chi connectivity index (χ0n) is 24.9. The molecule has 2 bridgehead atoms. The molecular formula is C35H35NO6Si. The number of epoxide rings is 1. The number of aromatic hydroxyl groups is 1. The molecule has 220 valence electrons. The number of allylic oxidation sites excluding steroid dienone is 2. The first-order chi connectivity index (χ1) is 20.7. The Balaban J connectivity index is 1.45. The topological polar surface area (TPSA) is 108 Å². The highest BCUT2D eigenvalue weighted by atomic mass is 28.4. The molecule has 0 aromatic heterocycles. The number of carbonyl (C=O) groups is 2. The molecule has 2 aliphatic heterocycles. The van der Waals surface area contributed by atoms with Crippen molar-refractivity contribution >= 4 is 25.6 Å². The summed E-state index contributed by atoms with van der Waals surface area (Å²) in [7, 11) is -2.14. The standard InChI is InChI=1S/C35H35NO6Si/c1-5-43(6-2,7-3)41-20(4)34-27-15-10-8-9-11-16-28(38)35(34,42-34)25-19-26(37)29-30(31(25)36-27)33(40)24-18-22-14-12-13-21(22)17-23(24)32(29)39/h8-9,17-20,27-28,36-38H,5-7,12-14H2,1-4H3/b9-8-/t20-,27+,28-,34+,35+/m1/s1. The van der Waals surface area contributed by atoms with Gasteiger partial charge in [-0.1, -0.05) is 44.5 Å². The fourth-order valence-corrected chi connectivity index (χ4v) is 10.9. The van der Waals surface area contributed by atoms with Crippen LogP contribution in [0.2, 0.25) is 18.1 Å². The number of aliphatic hydroxyl groups is 1. The predicted molar refractivity (Wildman–Crippen MR) is 165 cm³/mol. The number of carbonyl (C=O) groups excluding carboxylic acids is 2. The van der Waals surface area contributed by atoms with Crippen molar-refractivity contribution in [1.29, 1.82) is 0 Å². The maximum absolute atomic E-state index is 14.3. The molecule has 0 saturated carbocycles. The van der Waals surface area contributed by atoms with Crippen LogP contribution >= 0.6 is 0 Å². The van der Waals surface area contributed by atoms with E-state index >= 15 is 0 Å². The van der Waals surface area contributed by atoms with E-state index < -0.39 is 43.6 Å². The fourth-order valence-electron chi connectivity index (χ4n) is 7.95. The molecule has 0 amide bonds. The Morgan fingerprint density at radius 1 is 1.00 bits per heavy atom. The number of hydrogen-bond donors (Lipinski definition) is 3. The molecule has 2 heterocycles. The molecule has 1 fully saturated rings. The first-order valence-corrected chi connectivity index (χ1v) is 17.9. The highest BCUT2D eigenvalue weighted by Crippen LogP contribution is 2.68. The van der Waals surface area contributed by atoms with Crippen LogP contribution in [0, 0.1) is 23.7 Å². The van der Waals surface area contributed by atoms with E-state index in [1.165, 1.54) is 6.07 Å². The summed E-state index contributed by atoms with van der Waals surface area (Å²) < 4.78 is 13.7. The lowest BCUT2D eigenvalue weighted by Gasteiger charge is -2.41. The number of nitrogens with one attached hydrogen (secondary N) is 1. The Morgan fingerprint density at radius 2 is 1.60 bits per heavy atom. The number of aryl methyl sites for hydroxylation is 2. The Kier molecular flexibility index (Phi) is 6.33. The summed E-state index contributed by atoms with van der Waals surface area (Å²) in [5, 5.41) is 26.7. The van der Waals surface area contributed by atoms with Crippen LogP contribution in [-0.4, -0.2) is 53.9 Å². The molecule has 3 aliphatic carbocycles. The number of rotatable bonds is 6. The van der Waals surface area contributed by atoms with E-state index in [1.54, 1.807) is 12.2 Å². The van der Waals surface area contributed by atoms with Gasteiger partial charge >= 0.3 is 0 Å². The van der Waals surface area contributed by atoms with Crippen molar-refractivity contribution in [2.45, 2.75) is 94.5 Å². The molecule has 7 nitrogen and oxygen atoms in total. The molecular weight excluding hydrogens is 558 g/mol. The molecule has 0 unspecified atom stereocenters. The number of hydrogen-bond acceptors (Lipinski definition) is 7. The second-order valence-corrected chi connectivity index (χ2v) is 17.0. The zero-order valence-corrected chi connectivity index (χ0v) is 25.9. The number of anilines is 1. The summed E-state index contributed by atoms with van der Waals surface area (Å²) in [4.78, 5) is 28.2. The van der Waals surface area contributed by atoms with Crippen molar-refractivity contribution < 1.29 is 29.0 Å². The van der Waals surface area contributed by atoms with E-state index in [0.29, 0.717) is 22.4 Å². The van der Waals surface area contributed by atoms with Crippen LogP contribution < -0.4 is 5.32 Å². The summed E-state index contributed by atoms with van der Waals surface area (Å²) in [6.07, 6.45) is 4.06. The predicted octanol–water partition coefficient (Wildman–Crippen LogP) is 4.76. The Hall–Kier alpha value is -3.66. The number of ether oxygens (including phenoxy) is 1. The van der Waals surface area contributed by atoms with Gasteiger partial charge < -0.3 is 24.7 Å². The number of benzene rings is 2. The molecule has 2 aromatic carbocycles. The van der Waals surface area contributed by atoms with Gasteiger partial charge in [-0.25, -0.2) is 0 Å².